The van der Waals surface area contributed by atoms with Crippen LogP contribution in [0.15, 0.2) is 199 Å². The Hall–Kier alpha value is -6.77. The largest absolute Gasteiger partial charge is 0.309 e. The molecule has 8 aromatic carbocycles. The van der Waals surface area contributed by atoms with E-state index in [9.17, 15) is 0 Å². The molecular formula is C51H36N2. The summed E-state index contributed by atoms with van der Waals surface area (Å²) in [6, 6.07) is 61.4. The highest BCUT2D eigenvalue weighted by Crippen LogP contribution is 2.42. The molecule has 53 heavy (non-hydrogen) atoms. The second kappa shape index (κ2) is 12.8. The second-order valence-electron chi connectivity index (χ2n) is 13.7. The van der Waals surface area contributed by atoms with Gasteiger partial charge in [-0.05, 0) is 74.3 Å². The van der Waals surface area contributed by atoms with E-state index < -0.39 is 0 Å². The number of aromatic nitrogens is 1. The van der Waals surface area contributed by atoms with Crippen LogP contribution < -0.4 is 0 Å². The van der Waals surface area contributed by atoms with Crippen molar-refractivity contribution >= 4 is 71.1 Å². The van der Waals surface area contributed by atoms with E-state index in [2.05, 4.69) is 200 Å². The van der Waals surface area contributed by atoms with Crippen molar-refractivity contribution in [3.05, 3.63) is 210 Å². The zero-order valence-corrected chi connectivity index (χ0v) is 29.5. The van der Waals surface area contributed by atoms with E-state index in [1.54, 1.807) is 0 Å². The normalized spacial score (nSPS) is 14.1. The first-order valence-corrected chi connectivity index (χ1v) is 18.5. The third kappa shape index (κ3) is 5.06. The number of hydrogen-bond donors (Lipinski definition) is 0. The topological polar surface area (TPSA) is 17.3 Å². The lowest BCUT2D eigenvalue weighted by Gasteiger charge is -2.19. The van der Waals surface area contributed by atoms with Gasteiger partial charge in [0.1, 0.15) is 0 Å². The SMILES string of the molecule is CCC1=C(c2ccccc2)N=C(c2ccc(-n3c4ccc5ccccc5c4c4c5ccccc5ccc43)c3ccccc23)/C=C/C=C1c1ccccc1. The molecule has 1 aromatic heterocycles. The van der Waals surface area contributed by atoms with Gasteiger partial charge in [0.15, 0.2) is 0 Å². The van der Waals surface area contributed by atoms with Crippen LogP contribution in [0.3, 0.4) is 0 Å². The Labute approximate surface area is 309 Å². The highest BCUT2D eigenvalue weighted by Gasteiger charge is 2.21. The van der Waals surface area contributed by atoms with Gasteiger partial charge in [0.05, 0.1) is 28.1 Å². The highest BCUT2D eigenvalue weighted by atomic mass is 15.0. The van der Waals surface area contributed by atoms with Gasteiger partial charge in [-0.15, -0.1) is 0 Å². The lowest BCUT2D eigenvalue weighted by atomic mass is 9.90. The van der Waals surface area contributed by atoms with Crippen molar-refractivity contribution in [2.24, 2.45) is 4.99 Å². The molecule has 0 amide bonds. The summed E-state index contributed by atoms with van der Waals surface area (Å²) < 4.78 is 2.48. The van der Waals surface area contributed by atoms with Crippen LogP contribution in [0.4, 0.5) is 0 Å². The molecule has 0 radical (unpaired) electrons. The molecule has 1 aliphatic heterocycles. The fraction of sp³-hybridized carbons (Fsp3) is 0.0392. The third-order valence-corrected chi connectivity index (χ3v) is 10.8. The van der Waals surface area contributed by atoms with Crippen molar-refractivity contribution in [1.29, 1.82) is 0 Å². The van der Waals surface area contributed by atoms with Gasteiger partial charge in [-0.25, -0.2) is 4.99 Å². The quantitative estimate of drug-likeness (QED) is 0.173. The fourth-order valence-electron chi connectivity index (χ4n) is 8.43. The number of benzene rings is 8. The molecule has 10 rings (SSSR count). The molecule has 0 atom stereocenters. The summed E-state index contributed by atoms with van der Waals surface area (Å²) in [5, 5.41) is 9.99. The van der Waals surface area contributed by atoms with Gasteiger partial charge < -0.3 is 4.57 Å². The van der Waals surface area contributed by atoms with E-state index in [4.69, 9.17) is 4.99 Å². The van der Waals surface area contributed by atoms with Crippen LogP contribution >= 0.6 is 0 Å². The summed E-state index contributed by atoms with van der Waals surface area (Å²) in [5.41, 5.74) is 11.4. The standard InChI is InChI=1S/C51H36N2/c1-2-38-39(34-16-5-3-6-17-34)26-15-27-45(52-51(38)37-20-7-4-8-21-37)43-30-33-46(44-25-14-13-24-42(43)44)53-47-31-28-35-18-9-11-22-40(35)49(47)50-41-23-12-10-19-36(41)29-32-48(50)53/h3-33H,2H2,1H3/b26-15?,27-15+,39-26?,39-38?,45-27?,51-38?,52-45?,52-51?. The molecule has 0 unspecified atom stereocenters. The van der Waals surface area contributed by atoms with Crippen LogP contribution in [0.2, 0.25) is 0 Å². The fourth-order valence-corrected chi connectivity index (χ4v) is 8.43. The Morgan fingerprint density at radius 1 is 0.491 bits per heavy atom. The van der Waals surface area contributed by atoms with Crippen LogP contribution in [-0.2, 0) is 0 Å². The van der Waals surface area contributed by atoms with Crippen molar-refractivity contribution in [2.75, 3.05) is 0 Å². The summed E-state index contributed by atoms with van der Waals surface area (Å²) in [6.45, 7) is 2.23. The van der Waals surface area contributed by atoms with Crippen molar-refractivity contribution in [2.45, 2.75) is 13.3 Å². The van der Waals surface area contributed by atoms with Crippen molar-refractivity contribution < 1.29 is 0 Å². The summed E-state index contributed by atoms with van der Waals surface area (Å²) >= 11 is 0. The van der Waals surface area contributed by atoms with E-state index in [0.717, 1.165) is 34.6 Å². The number of aliphatic imine (C=N–C) groups is 1. The minimum absolute atomic E-state index is 0.854. The average Bonchev–Trinajstić information content (AvgIpc) is 3.56. The van der Waals surface area contributed by atoms with Crippen molar-refractivity contribution in [3.8, 4) is 5.69 Å². The molecule has 2 heterocycles. The van der Waals surface area contributed by atoms with Crippen LogP contribution in [0.1, 0.15) is 30.0 Å². The van der Waals surface area contributed by atoms with E-state index in [-0.39, 0.29) is 0 Å². The Balaban J connectivity index is 1.24. The van der Waals surface area contributed by atoms with E-state index >= 15 is 0 Å². The summed E-state index contributed by atoms with van der Waals surface area (Å²) in [5.74, 6) is 0. The van der Waals surface area contributed by atoms with Gasteiger partial charge in [-0.3, -0.25) is 0 Å². The number of nitrogens with zero attached hydrogens (tertiary/aromatic N) is 2. The van der Waals surface area contributed by atoms with Gasteiger partial charge in [0.2, 0.25) is 0 Å². The summed E-state index contributed by atoms with van der Waals surface area (Å²) in [6.07, 6.45) is 7.46. The van der Waals surface area contributed by atoms with Gasteiger partial charge in [-0.2, -0.15) is 0 Å². The maximum atomic E-state index is 5.58. The Morgan fingerprint density at radius 2 is 1.04 bits per heavy atom. The average molecular weight is 677 g/mol. The molecule has 9 aromatic rings. The third-order valence-electron chi connectivity index (χ3n) is 10.8. The first-order valence-electron chi connectivity index (χ1n) is 18.5. The predicted molar refractivity (Wildman–Crippen MR) is 227 cm³/mol. The van der Waals surface area contributed by atoms with Gasteiger partial charge in [0.25, 0.3) is 0 Å². The molecule has 0 N–H and O–H groups in total. The Morgan fingerprint density at radius 3 is 1.66 bits per heavy atom. The smallest absolute Gasteiger partial charge is 0.0747 e. The maximum Gasteiger partial charge on any atom is 0.0747 e. The van der Waals surface area contributed by atoms with E-state index in [0.29, 0.717) is 0 Å². The van der Waals surface area contributed by atoms with Gasteiger partial charge in [-0.1, -0.05) is 171 Å². The first-order chi connectivity index (χ1) is 26.3. The zero-order valence-electron chi connectivity index (χ0n) is 29.5. The van der Waals surface area contributed by atoms with Crippen LogP contribution in [-0.4, -0.2) is 10.3 Å². The van der Waals surface area contributed by atoms with Gasteiger partial charge >= 0.3 is 0 Å². The molecular weight excluding hydrogens is 641 g/mol. The van der Waals surface area contributed by atoms with Crippen LogP contribution in [0.5, 0.6) is 0 Å². The van der Waals surface area contributed by atoms with E-state index in [1.807, 2.05) is 0 Å². The number of allylic oxidation sites excluding steroid dienone is 5. The minimum atomic E-state index is 0.854. The number of hydrogen-bond acceptors (Lipinski definition) is 1. The van der Waals surface area contributed by atoms with Crippen LogP contribution in [0, 0.1) is 0 Å². The molecule has 0 fully saturated rings. The minimum Gasteiger partial charge on any atom is -0.309 e. The predicted octanol–water partition coefficient (Wildman–Crippen LogP) is 13.5. The molecule has 0 bridgehead atoms. The summed E-state index contributed by atoms with van der Waals surface area (Å²) in [7, 11) is 0. The van der Waals surface area contributed by atoms with Gasteiger partial charge in [0, 0.05) is 27.3 Å². The molecule has 0 aliphatic carbocycles. The van der Waals surface area contributed by atoms with Crippen LogP contribution in [0.25, 0.3) is 71.1 Å². The van der Waals surface area contributed by atoms with E-state index in [1.165, 1.54) is 70.8 Å². The monoisotopic (exact) mass is 676 g/mol. The molecule has 2 nitrogen and oxygen atoms in total. The lowest BCUT2D eigenvalue weighted by molar-refractivity contribution is 1.15. The Bertz CT molecular complexity index is 2920. The Kier molecular flexibility index (Phi) is 7.47. The number of rotatable bonds is 5. The highest BCUT2D eigenvalue weighted by molar-refractivity contribution is 6.29. The molecule has 0 saturated carbocycles. The summed E-state index contributed by atoms with van der Waals surface area (Å²) in [4.78, 5) is 5.58. The molecule has 250 valence electrons. The first kappa shape index (κ1) is 31.0. The number of fused-ring (bicyclic) bond motifs is 8. The zero-order chi connectivity index (χ0) is 35.3. The lowest BCUT2D eigenvalue weighted by Crippen LogP contribution is -2.05. The molecule has 1 aliphatic rings. The molecule has 0 saturated heterocycles. The molecule has 2 heteroatoms. The maximum absolute atomic E-state index is 5.58. The molecule has 0 spiro atoms. The van der Waals surface area contributed by atoms with Crippen molar-refractivity contribution in [3.63, 3.8) is 0 Å². The second-order valence-corrected chi connectivity index (χ2v) is 13.7. The van der Waals surface area contributed by atoms with Crippen molar-refractivity contribution in [1.82, 2.24) is 4.57 Å².